The first-order valence-corrected chi connectivity index (χ1v) is 11.9. The van der Waals surface area contributed by atoms with Gasteiger partial charge in [0.15, 0.2) is 0 Å². The third kappa shape index (κ3) is 6.39. The summed E-state index contributed by atoms with van der Waals surface area (Å²) in [6, 6.07) is 12.8. The number of rotatable bonds is 7. The number of carbonyl (C=O) groups excluding carboxylic acids is 1. The Morgan fingerprint density at radius 2 is 1.73 bits per heavy atom. The molecule has 1 amide bonds. The minimum absolute atomic E-state index is 0.215. The summed E-state index contributed by atoms with van der Waals surface area (Å²) in [6.45, 7) is 5.64. The van der Waals surface area contributed by atoms with Crippen molar-refractivity contribution in [2.45, 2.75) is 27.3 Å². The second kappa shape index (κ2) is 12.0. The number of fused-ring (bicyclic) bond motifs is 1. The maximum Gasteiger partial charge on any atom is 0.262 e. The quantitative estimate of drug-likeness (QED) is 0.263. The van der Waals surface area contributed by atoms with Crippen LogP contribution in [0.15, 0.2) is 63.7 Å². The number of H-pyrrole nitrogens is 1. The number of aromatic amines is 1. The predicted octanol–water partition coefficient (Wildman–Crippen LogP) is 4.93. The van der Waals surface area contributed by atoms with E-state index in [1.165, 1.54) is 6.92 Å². The number of azo groups is 1. The van der Waals surface area contributed by atoms with Gasteiger partial charge in [0.2, 0.25) is 11.9 Å². The third-order valence-electron chi connectivity index (χ3n) is 5.34. The van der Waals surface area contributed by atoms with Crippen LogP contribution in [0.5, 0.6) is 0 Å². The fourth-order valence-corrected chi connectivity index (χ4v) is 3.64. The van der Waals surface area contributed by atoms with Crippen LogP contribution >= 0.6 is 0 Å². The fraction of sp³-hybridized carbons (Fsp3) is 0.269. The van der Waals surface area contributed by atoms with Crippen molar-refractivity contribution in [3.63, 3.8) is 0 Å². The van der Waals surface area contributed by atoms with E-state index in [9.17, 15) is 9.59 Å². The third-order valence-corrected chi connectivity index (χ3v) is 5.34. The van der Waals surface area contributed by atoms with Crippen LogP contribution in [-0.4, -0.2) is 34.5 Å². The summed E-state index contributed by atoms with van der Waals surface area (Å²) in [7, 11) is 5.74. The van der Waals surface area contributed by atoms with Crippen molar-refractivity contribution >= 4 is 51.3 Å². The molecule has 0 atom stereocenters. The van der Waals surface area contributed by atoms with E-state index in [0.717, 1.165) is 5.69 Å². The highest BCUT2D eigenvalue weighted by atomic mass is 16.1. The average Bonchev–Trinajstić information content (AvgIpc) is 3.21. The van der Waals surface area contributed by atoms with E-state index in [-0.39, 0.29) is 24.0 Å². The zero-order valence-corrected chi connectivity index (χ0v) is 22.0. The SMILES string of the molecule is CC.CC(=O)Nc1ccc(N=Nc2ccc(N(C)C)cc2)cc1Nc1nc2c(c(CN)cn2C)c(=O)[nH]1. The average molecular weight is 504 g/mol. The van der Waals surface area contributed by atoms with Crippen LogP contribution in [0.25, 0.3) is 11.0 Å². The molecule has 0 unspecified atom stereocenters. The fourth-order valence-electron chi connectivity index (χ4n) is 3.64. The van der Waals surface area contributed by atoms with Crippen molar-refractivity contribution in [1.29, 1.82) is 0 Å². The smallest absolute Gasteiger partial charge is 0.262 e. The zero-order valence-electron chi connectivity index (χ0n) is 22.0. The van der Waals surface area contributed by atoms with Gasteiger partial charge in [0.05, 0.1) is 28.1 Å². The van der Waals surface area contributed by atoms with Gasteiger partial charge in [0.1, 0.15) is 5.65 Å². The summed E-state index contributed by atoms with van der Waals surface area (Å²) in [5.41, 5.74) is 9.97. The molecular weight excluding hydrogens is 470 g/mol. The molecule has 194 valence electrons. The van der Waals surface area contributed by atoms with Crippen LogP contribution in [-0.2, 0) is 18.4 Å². The molecule has 0 fully saturated rings. The number of nitrogens with zero attached hydrogens (tertiary/aromatic N) is 5. The van der Waals surface area contributed by atoms with E-state index in [4.69, 9.17) is 5.73 Å². The number of nitrogens with two attached hydrogens (primary N) is 1. The Labute approximate surface area is 215 Å². The molecule has 0 aliphatic carbocycles. The summed E-state index contributed by atoms with van der Waals surface area (Å²) in [5.74, 6) is -0.0254. The van der Waals surface area contributed by atoms with Gasteiger partial charge >= 0.3 is 0 Å². The lowest BCUT2D eigenvalue weighted by Crippen LogP contribution is -2.14. The van der Waals surface area contributed by atoms with Gasteiger partial charge in [-0.05, 0) is 48.0 Å². The molecule has 0 aliphatic heterocycles. The molecule has 11 nitrogen and oxygen atoms in total. The van der Waals surface area contributed by atoms with Gasteiger partial charge in [0.25, 0.3) is 5.56 Å². The molecular formula is C26H33N9O2. The topological polar surface area (TPSA) is 146 Å². The number of benzene rings is 2. The van der Waals surface area contributed by atoms with Crippen LogP contribution in [0.4, 0.5) is 34.4 Å². The highest BCUT2D eigenvalue weighted by Crippen LogP contribution is 2.31. The molecule has 2 aromatic heterocycles. The number of amides is 1. The van der Waals surface area contributed by atoms with Gasteiger partial charge in [-0.1, -0.05) is 13.8 Å². The summed E-state index contributed by atoms with van der Waals surface area (Å²) in [5, 5.41) is 14.9. The molecule has 4 rings (SSSR count). The lowest BCUT2D eigenvalue weighted by atomic mass is 10.2. The highest BCUT2D eigenvalue weighted by molar-refractivity contribution is 5.94. The van der Waals surface area contributed by atoms with Crippen LogP contribution in [0.2, 0.25) is 0 Å². The van der Waals surface area contributed by atoms with Crippen LogP contribution in [0.1, 0.15) is 26.3 Å². The maximum atomic E-state index is 12.7. The Morgan fingerprint density at radius 3 is 2.35 bits per heavy atom. The number of aryl methyl sites for hydroxylation is 1. The van der Waals surface area contributed by atoms with E-state index in [2.05, 4.69) is 30.8 Å². The number of aromatic nitrogens is 3. The lowest BCUT2D eigenvalue weighted by Gasteiger charge is -2.13. The Balaban J connectivity index is 0.00000186. The van der Waals surface area contributed by atoms with Crippen LogP contribution < -0.4 is 26.8 Å². The number of anilines is 4. The summed E-state index contributed by atoms with van der Waals surface area (Å²) in [6.07, 6.45) is 1.78. The largest absolute Gasteiger partial charge is 0.378 e. The van der Waals surface area contributed by atoms with Crippen LogP contribution in [0, 0.1) is 0 Å². The Hall–Kier alpha value is -4.51. The van der Waals surface area contributed by atoms with Gasteiger partial charge in [-0.25, -0.2) is 0 Å². The van der Waals surface area contributed by atoms with Crippen molar-refractivity contribution in [1.82, 2.24) is 14.5 Å². The van der Waals surface area contributed by atoms with Crippen molar-refractivity contribution in [2.75, 3.05) is 29.6 Å². The monoisotopic (exact) mass is 503 g/mol. The molecule has 0 spiro atoms. The molecule has 0 saturated carbocycles. The minimum Gasteiger partial charge on any atom is -0.378 e. The summed E-state index contributed by atoms with van der Waals surface area (Å²) in [4.78, 5) is 33.7. The second-order valence-corrected chi connectivity index (χ2v) is 8.23. The van der Waals surface area contributed by atoms with E-state index in [1.807, 2.05) is 57.1 Å². The van der Waals surface area contributed by atoms with E-state index in [0.29, 0.717) is 39.3 Å². The molecule has 0 aliphatic rings. The number of nitrogens with one attached hydrogen (secondary N) is 3. The van der Waals surface area contributed by atoms with E-state index >= 15 is 0 Å². The lowest BCUT2D eigenvalue weighted by molar-refractivity contribution is -0.114. The molecule has 0 bridgehead atoms. The number of hydrogen-bond donors (Lipinski definition) is 4. The normalized spacial score (nSPS) is 10.8. The van der Waals surface area contributed by atoms with Gasteiger partial charge in [-0.15, -0.1) is 0 Å². The van der Waals surface area contributed by atoms with E-state index in [1.54, 1.807) is 36.0 Å². The first-order valence-electron chi connectivity index (χ1n) is 11.9. The molecule has 5 N–H and O–H groups in total. The predicted molar refractivity (Wildman–Crippen MR) is 150 cm³/mol. The molecule has 2 aromatic carbocycles. The highest BCUT2D eigenvalue weighted by Gasteiger charge is 2.14. The zero-order chi connectivity index (χ0) is 27.1. The minimum atomic E-state index is -0.309. The maximum absolute atomic E-state index is 12.7. The van der Waals surface area contributed by atoms with Crippen molar-refractivity contribution < 1.29 is 4.79 Å². The number of hydrogen-bond acceptors (Lipinski definition) is 8. The van der Waals surface area contributed by atoms with Gasteiger partial charge in [0, 0.05) is 46.5 Å². The van der Waals surface area contributed by atoms with Gasteiger partial charge < -0.3 is 25.8 Å². The Morgan fingerprint density at radius 1 is 1.08 bits per heavy atom. The van der Waals surface area contributed by atoms with E-state index < -0.39 is 0 Å². The van der Waals surface area contributed by atoms with Crippen molar-refractivity contribution in [2.24, 2.45) is 23.0 Å². The van der Waals surface area contributed by atoms with Gasteiger partial charge in [-0.2, -0.15) is 15.2 Å². The van der Waals surface area contributed by atoms with Crippen molar-refractivity contribution in [3.05, 3.63) is 64.6 Å². The molecule has 0 radical (unpaired) electrons. The molecule has 11 heteroatoms. The molecule has 37 heavy (non-hydrogen) atoms. The van der Waals surface area contributed by atoms with Crippen LogP contribution in [0.3, 0.4) is 0 Å². The number of carbonyl (C=O) groups is 1. The van der Waals surface area contributed by atoms with Gasteiger partial charge in [-0.3, -0.25) is 14.6 Å². The Bertz CT molecular complexity index is 1470. The standard InChI is InChI=1S/C24H27N9O2.C2H6/c1-14(34)26-19-10-7-17(31-30-16-5-8-18(9-6-16)32(2)3)11-20(19)27-24-28-22-21(23(35)29-24)15(12-25)13-33(22)4;1-2/h5-11,13H,12,25H2,1-4H3,(H,26,34)(H2,27,28,29,35);1-2H3. The first kappa shape index (κ1) is 27.1. The summed E-state index contributed by atoms with van der Waals surface area (Å²) < 4.78 is 1.75. The van der Waals surface area contributed by atoms with Crippen molar-refractivity contribution in [3.8, 4) is 0 Å². The second-order valence-electron chi connectivity index (χ2n) is 8.23. The first-order chi connectivity index (χ1) is 17.7. The molecule has 0 saturated heterocycles. The Kier molecular flexibility index (Phi) is 8.75. The molecule has 2 heterocycles. The summed E-state index contributed by atoms with van der Waals surface area (Å²) >= 11 is 0. The molecule has 4 aromatic rings.